The number of benzene rings is 2. The van der Waals surface area contributed by atoms with Crippen molar-refractivity contribution in [3.05, 3.63) is 52.5 Å². The minimum absolute atomic E-state index is 0.485. The maximum Gasteiger partial charge on any atom is 0.156 e. The number of rotatable bonds is 6. The molecule has 0 atom stereocenters. The summed E-state index contributed by atoms with van der Waals surface area (Å²) < 4.78 is 11.1. The molecule has 0 saturated carbocycles. The van der Waals surface area contributed by atoms with Crippen molar-refractivity contribution in [1.82, 2.24) is 0 Å². The van der Waals surface area contributed by atoms with E-state index in [-0.39, 0.29) is 0 Å². The highest BCUT2D eigenvalue weighted by Gasteiger charge is 2.05. The van der Waals surface area contributed by atoms with Crippen LogP contribution in [-0.2, 0) is 0 Å². The minimum atomic E-state index is 0.485. The number of hydrogen-bond acceptors (Lipinski definition) is 3. The van der Waals surface area contributed by atoms with Crippen molar-refractivity contribution in [2.45, 2.75) is 6.42 Å². The summed E-state index contributed by atoms with van der Waals surface area (Å²) >= 11 is 12.0. The van der Waals surface area contributed by atoms with Gasteiger partial charge in [0.05, 0.1) is 23.3 Å². The molecule has 0 amide bonds. The van der Waals surface area contributed by atoms with Gasteiger partial charge in [-0.05, 0) is 36.4 Å². The molecule has 0 radical (unpaired) electrons. The Labute approximate surface area is 128 Å². The molecule has 0 bridgehead atoms. The summed E-state index contributed by atoms with van der Waals surface area (Å²) in [6, 6.07) is 12.5. The lowest BCUT2D eigenvalue weighted by molar-refractivity contribution is 0.247. The molecule has 0 heterocycles. The summed E-state index contributed by atoms with van der Waals surface area (Å²) in [5.41, 5.74) is 6.31. The van der Waals surface area contributed by atoms with Crippen LogP contribution >= 0.6 is 23.2 Å². The normalized spacial score (nSPS) is 10.3. The van der Waals surface area contributed by atoms with Crippen molar-refractivity contribution < 1.29 is 9.47 Å². The summed E-state index contributed by atoms with van der Waals surface area (Å²) in [4.78, 5) is 0. The Bertz CT molecular complexity index is 538. The highest BCUT2D eigenvalue weighted by Crippen LogP contribution is 2.32. The number of ether oxygens (including phenoxy) is 2. The quantitative estimate of drug-likeness (QED) is 0.634. The zero-order chi connectivity index (χ0) is 14.4. The molecule has 0 aliphatic carbocycles. The van der Waals surface area contributed by atoms with Crippen LogP contribution in [0.1, 0.15) is 6.42 Å². The fraction of sp³-hybridized carbons (Fsp3) is 0.200. The lowest BCUT2D eigenvalue weighted by atomic mass is 10.3. The van der Waals surface area contributed by atoms with Crippen molar-refractivity contribution in [1.29, 1.82) is 0 Å². The Morgan fingerprint density at radius 2 is 1.45 bits per heavy atom. The minimum Gasteiger partial charge on any atom is -0.493 e. The van der Waals surface area contributed by atoms with Gasteiger partial charge in [-0.3, -0.25) is 0 Å². The van der Waals surface area contributed by atoms with E-state index in [9.17, 15) is 0 Å². The molecule has 0 aromatic heterocycles. The van der Waals surface area contributed by atoms with Crippen molar-refractivity contribution in [3.8, 4) is 11.5 Å². The van der Waals surface area contributed by atoms with Crippen LogP contribution in [0.4, 0.5) is 5.69 Å². The average molecular weight is 312 g/mol. The van der Waals surface area contributed by atoms with Crippen molar-refractivity contribution in [2.24, 2.45) is 0 Å². The SMILES string of the molecule is Nc1ccc(OCCCOc2c(Cl)cccc2Cl)cc1. The first-order valence-electron chi connectivity index (χ1n) is 6.22. The van der Waals surface area contributed by atoms with E-state index in [4.69, 9.17) is 38.4 Å². The molecule has 0 aliphatic heterocycles. The maximum atomic E-state index is 6.00. The predicted octanol–water partition coefficient (Wildman–Crippen LogP) is 4.42. The Morgan fingerprint density at radius 1 is 0.850 bits per heavy atom. The van der Waals surface area contributed by atoms with Gasteiger partial charge in [0.1, 0.15) is 5.75 Å². The van der Waals surface area contributed by atoms with Crippen LogP contribution in [0.5, 0.6) is 11.5 Å². The van der Waals surface area contributed by atoms with Gasteiger partial charge in [0.2, 0.25) is 0 Å². The van der Waals surface area contributed by atoms with E-state index in [1.807, 2.05) is 12.1 Å². The molecule has 20 heavy (non-hydrogen) atoms. The second-order valence-electron chi connectivity index (χ2n) is 4.17. The number of halogens is 2. The van der Waals surface area contributed by atoms with Crippen LogP contribution in [0, 0.1) is 0 Å². The standard InChI is InChI=1S/C15H15Cl2NO2/c16-13-3-1-4-14(17)15(13)20-10-2-9-19-12-7-5-11(18)6-8-12/h1,3-8H,2,9-10,18H2. The summed E-state index contributed by atoms with van der Waals surface area (Å²) in [7, 11) is 0. The van der Waals surface area contributed by atoms with Gasteiger partial charge in [0.25, 0.3) is 0 Å². The summed E-state index contributed by atoms with van der Waals surface area (Å²) in [6.07, 6.45) is 0.728. The molecule has 106 valence electrons. The molecule has 2 aromatic carbocycles. The molecule has 2 rings (SSSR count). The van der Waals surface area contributed by atoms with Crippen LogP contribution in [-0.4, -0.2) is 13.2 Å². The first-order chi connectivity index (χ1) is 9.66. The molecule has 5 heteroatoms. The van der Waals surface area contributed by atoms with Crippen molar-refractivity contribution in [2.75, 3.05) is 18.9 Å². The third-order valence-electron chi connectivity index (χ3n) is 2.60. The fourth-order valence-corrected chi connectivity index (χ4v) is 2.11. The molecular weight excluding hydrogens is 297 g/mol. The van der Waals surface area contributed by atoms with Crippen LogP contribution in [0.15, 0.2) is 42.5 Å². The smallest absolute Gasteiger partial charge is 0.156 e. The van der Waals surface area contributed by atoms with Gasteiger partial charge in [-0.15, -0.1) is 0 Å². The zero-order valence-corrected chi connectivity index (χ0v) is 12.3. The molecule has 0 fully saturated rings. The number of nitrogen functional groups attached to an aromatic ring is 1. The number of para-hydroxylation sites is 1. The fourth-order valence-electron chi connectivity index (χ4n) is 1.61. The van der Waals surface area contributed by atoms with E-state index in [2.05, 4.69) is 0 Å². The Morgan fingerprint density at radius 3 is 2.10 bits per heavy atom. The van der Waals surface area contributed by atoms with Gasteiger partial charge in [-0.1, -0.05) is 29.3 Å². The van der Waals surface area contributed by atoms with Gasteiger partial charge in [0.15, 0.2) is 5.75 Å². The van der Waals surface area contributed by atoms with E-state index in [1.165, 1.54) is 0 Å². The Balaban J connectivity index is 1.73. The molecule has 0 unspecified atom stereocenters. The van der Waals surface area contributed by atoms with Gasteiger partial charge < -0.3 is 15.2 Å². The molecule has 0 aliphatic rings. The van der Waals surface area contributed by atoms with E-state index in [0.29, 0.717) is 34.7 Å². The van der Waals surface area contributed by atoms with E-state index >= 15 is 0 Å². The molecular formula is C15H15Cl2NO2. The van der Waals surface area contributed by atoms with E-state index in [0.717, 1.165) is 12.2 Å². The average Bonchev–Trinajstić information content (AvgIpc) is 2.43. The van der Waals surface area contributed by atoms with Crippen LogP contribution in [0.3, 0.4) is 0 Å². The van der Waals surface area contributed by atoms with Gasteiger partial charge in [-0.2, -0.15) is 0 Å². The lowest BCUT2D eigenvalue weighted by Gasteiger charge is -2.10. The second-order valence-corrected chi connectivity index (χ2v) is 4.98. The lowest BCUT2D eigenvalue weighted by Crippen LogP contribution is -2.05. The van der Waals surface area contributed by atoms with Gasteiger partial charge in [0, 0.05) is 12.1 Å². The molecule has 0 saturated heterocycles. The Kier molecular flexibility index (Phi) is 5.39. The third-order valence-corrected chi connectivity index (χ3v) is 3.20. The van der Waals surface area contributed by atoms with Gasteiger partial charge >= 0.3 is 0 Å². The molecule has 2 aromatic rings. The second kappa shape index (κ2) is 7.27. The zero-order valence-electron chi connectivity index (χ0n) is 10.8. The van der Waals surface area contributed by atoms with E-state index in [1.54, 1.807) is 30.3 Å². The number of nitrogens with two attached hydrogens (primary N) is 1. The maximum absolute atomic E-state index is 6.00. The van der Waals surface area contributed by atoms with Crippen molar-refractivity contribution >= 4 is 28.9 Å². The molecule has 3 nitrogen and oxygen atoms in total. The summed E-state index contributed by atoms with van der Waals surface area (Å²) in [5.74, 6) is 1.30. The Hall–Kier alpha value is -1.58. The van der Waals surface area contributed by atoms with Crippen molar-refractivity contribution in [3.63, 3.8) is 0 Å². The summed E-state index contributed by atoms with van der Waals surface area (Å²) in [5, 5.41) is 1.02. The number of anilines is 1. The largest absolute Gasteiger partial charge is 0.493 e. The van der Waals surface area contributed by atoms with Crippen LogP contribution in [0.2, 0.25) is 10.0 Å². The van der Waals surface area contributed by atoms with Gasteiger partial charge in [-0.25, -0.2) is 0 Å². The highest BCUT2D eigenvalue weighted by molar-refractivity contribution is 6.37. The van der Waals surface area contributed by atoms with E-state index < -0.39 is 0 Å². The molecule has 0 spiro atoms. The highest BCUT2D eigenvalue weighted by atomic mass is 35.5. The summed E-state index contributed by atoms with van der Waals surface area (Å²) in [6.45, 7) is 1.03. The molecule has 2 N–H and O–H groups in total. The predicted molar refractivity (Wildman–Crippen MR) is 82.9 cm³/mol. The third kappa shape index (κ3) is 4.22. The first kappa shape index (κ1) is 14.8. The first-order valence-corrected chi connectivity index (χ1v) is 6.97. The topological polar surface area (TPSA) is 44.5 Å². The van der Waals surface area contributed by atoms with Crippen LogP contribution < -0.4 is 15.2 Å². The van der Waals surface area contributed by atoms with Crippen LogP contribution in [0.25, 0.3) is 0 Å². The monoisotopic (exact) mass is 311 g/mol. The number of hydrogen-bond donors (Lipinski definition) is 1.